The molecule has 0 aliphatic carbocycles. The Morgan fingerprint density at radius 1 is 1.28 bits per heavy atom. The van der Waals surface area contributed by atoms with E-state index in [2.05, 4.69) is 23.4 Å². The fraction of sp³-hybridized carbons (Fsp3) is 0.211. The number of hydrogen-bond acceptors (Lipinski definition) is 3. The molecule has 0 unspecified atom stereocenters. The second-order valence-electron chi connectivity index (χ2n) is 5.82. The molecular formula is C19H19N3O2S. The second kappa shape index (κ2) is 7.03. The van der Waals surface area contributed by atoms with E-state index in [1.807, 2.05) is 30.5 Å². The fourth-order valence-corrected chi connectivity index (χ4v) is 3.21. The molecule has 0 radical (unpaired) electrons. The van der Waals surface area contributed by atoms with E-state index in [9.17, 15) is 9.59 Å². The first kappa shape index (κ1) is 17.1. The van der Waals surface area contributed by atoms with Crippen molar-refractivity contribution in [2.24, 2.45) is 0 Å². The van der Waals surface area contributed by atoms with Crippen LogP contribution in [0.4, 0.5) is 0 Å². The minimum absolute atomic E-state index is 0.0786. The summed E-state index contributed by atoms with van der Waals surface area (Å²) in [6.07, 6.45) is 6.19. The molecule has 0 saturated carbocycles. The van der Waals surface area contributed by atoms with E-state index in [1.165, 1.54) is 4.90 Å². The average molecular weight is 353 g/mol. The molecule has 2 heterocycles. The third-order valence-electron chi connectivity index (χ3n) is 4.08. The number of benzene rings is 1. The first-order valence-electron chi connectivity index (χ1n) is 8.14. The van der Waals surface area contributed by atoms with E-state index < -0.39 is 11.8 Å². The topological polar surface area (TPSA) is 54.3 Å². The van der Waals surface area contributed by atoms with Crippen LogP contribution >= 0.6 is 12.2 Å². The minimum Gasteiger partial charge on any atom is -0.347 e. The molecule has 1 saturated heterocycles. The summed E-state index contributed by atoms with van der Waals surface area (Å²) in [7, 11) is 0. The van der Waals surface area contributed by atoms with Crippen molar-refractivity contribution in [2.45, 2.75) is 19.9 Å². The predicted molar refractivity (Wildman–Crippen MR) is 103 cm³/mol. The Bertz CT molecular complexity index is 911. The molecule has 1 aromatic heterocycles. The Kier molecular flexibility index (Phi) is 4.81. The Morgan fingerprint density at radius 3 is 2.76 bits per heavy atom. The molecule has 1 fully saturated rings. The maximum atomic E-state index is 12.7. The van der Waals surface area contributed by atoms with Gasteiger partial charge in [0, 0.05) is 35.8 Å². The molecule has 1 aliphatic heterocycles. The van der Waals surface area contributed by atoms with Gasteiger partial charge in [-0.2, -0.15) is 0 Å². The van der Waals surface area contributed by atoms with Crippen LogP contribution < -0.4 is 5.32 Å². The average Bonchev–Trinajstić information content (AvgIpc) is 2.94. The van der Waals surface area contributed by atoms with Crippen LogP contribution in [-0.4, -0.2) is 32.9 Å². The molecule has 2 aromatic rings. The number of hydrogen-bond donors (Lipinski definition) is 1. The molecule has 128 valence electrons. The van der Waals surface area contributed by atoms with Crippen molar-refractivity contribution in [3.05, 3.63) is 54.3 Å². The van der Waals surface area contributed by atoms with Crippen molar-refractivity contribution in [3.8, 4) is 0 Å². The summed E-state index contributed by atoms with van der Waals surface area (Å²) in [4.78, 5) is 26.3. The molecule has 25 heavy (non-hydrogen) atoms. The number of nitrogens with zero attached hydrogens (tertiary/aromatic N) is 2. The van der Waals surface area contributed by atoms with Gasteiger partial charge in [-0.1, -0.05) is 31.2 Å². The van der Waals surface area contributed by atoms with E-state index in [-0.39, 0.29) is 17.2 Å². The van der Waals surface area contributed by atoms with Gasteiger partial charge in [0.2, 0.25) is 0 Å². The van der Waals surface area contributed by atoms with Crippen LogP contribution in [0.1, 0.15) is 18.9 Å². The zero-order valence-corrected chi connectivity index (χ0v) is 14.8. The number of fused-ring (bicyclic) bond motifs is 1. The summed E-state index contributed by atoms with van der Waals surface area (Å²) in [5, 5.41) is 3.69. The van der Waals surface area contributed by atoms with Crippen molar-refractivity contribution < 1.29 is 9.59 Å². The lowest BCUT2D eigenvalue weighted by Gasteiger charge is -2.27. The van der Waals surface area contributed by atoms with Crippen LogP contribution in [0.3, 0.4) is 0 Å². The van der Waals surface area contributed by atoms with E-state index >= 15 is 0 Å². The Hall–Kier alpha value is -2.73. The van der Waals surface area contributed by atoms with Gasteiger partial charge in [0.1, 0.15) is 5.57 Å². The monoisotopic (exact) mass is 353 g/mol. The van der Waals surface area contributed by atoms with Crippen LogP contribution in [0.5, 0.6) is 0 Å². The number of para-hydroxylation sites is 1. The number of nitrogens with one attached hydrogen (secondary N) is 1. The molecule has 3 rings (SSSR count). The quantitative estimate of drug-likeness (QED) is 0.389. The summed E-state index contributed by atoms with van der Waals surface area (Å²) in [5.74, 6) is -0.872. The lowest BCUT2D eigenvalue weighted by molar-refractivity contribution is -0.128. The highest BCUT2D eigenvalue weighted by Crippen LogP contribution is 2.25. The maximum Gasteiger partial charge on any atom is 0.265 e. The van der Waals surface area contributed by atoms with Crippen molar-refractivity contribution >= 4 is 46.1 Å². The molecule has 6 heteroatoms. The highest BCUT2D eigenvalue weighted by Gasteiger charge is 2.32. The van der Waals surface area contributed by atoms with Crippen LogP contribution in [-0.2, 0) is 16.1 Å². The van der Waals surface area contributed by atoms with Crippen LogP contribution in [0, 0.1) is 0 Å². The molecule has 1 aliphatic rings. The number of thiocarbonyl (C=S) groups is 1. The molecule has 2 amide bonds. The van der Waals surface area contributed by atoms with Crippen molar-refractivity contribution in [2.75, 3.05) is 6.54 Å². The fourth-order valence-electron chi connectivity index (χ4n) is 2.96. The Balaban J connectivity index is 2.09. The third kappa shape index (κ3) is 3.13. The van der Waals surface area contributed by atoms with Gasteiger partial charge in [0.25, 0.3) is 11.8 Å². The zero-order valence-electron chi connectivity index (χ0n) is 14.0. The summed E-state index contributed by atoms with van der Waals surface area (Å²) in [6.45, 7) is 6.87. The molecule has 0 atom stereocenters. The van der Waals surface area contributed by atoms with Gasteiger partial charge < -0.3 is 4.57 Å². The summed E-state index contributed by atoms with van der Waals surface area (Å²) >= 11 is 5.07. The molecular weight excluding hydrogens is 334 g/mol. The minimum atomic E-state index is -0.470. The third-order valence-corrected chi connectivity index (χ3v) is 4.40. The van der Waals surface area contributed by atoms with Gasteiger partial charge in [-0.15, -0.1) is 6.58 Å². The van der Waals surface area contributed by atoms with Gasteiger partial charge in [-0.3, -0.25) is 19.8 Å². The number of aromatic nitrogens is 1. The molecule has 1 aromatic carbocycles. The first-order valence-corrected chi connectivity index (χ1v) is 8.55. The number of aryl methyl sites for hydroxylation is 1. The highest BCUT2D eigenvalue weighted by atomic mass is 32.1. The van der Waals surface area contributed by atoms with Crippen LogP contribution in [0.15, 0.2) is 48.7 Å². The van der Waals surface area contributed by atoms with E-state index in [1.54, 1.807) is 12.2 Å². The smallest absolute Gasteiger partial charge is 0.265 e. The van der Waals surface area contributed by atoms with Crippen LogP contribution in [0.25, 0.3) is 17.0 Å². The normalized spacial score (nSPS) is 16.6. The van der Waals surface area contributed by atoms with Gasteiger partial charge in [-0.05, 0) is 30.8 Å². The Labute approximate surface area is 151 Å². The maximum absolute atomic E-state index is 12.7. The first-order chi connectivity index (χ1) is 12.1. The number of rotatable bonds is 5. The molecule has 1 N–H and O–H groups in total. The summed E-state index contributed by atoms with van der Waals surface area (Å²) in [6, 6.07) is 7.96. The van der Waals surface area contributed by atoms with Gasteiger partial charge >= 0.3 is 0 Å². The predicted octanol–water partition coefficient (Wildman–Crippen LogP) is 2.86. The SMILES string of the molecule is C=CCN1C(=O)/C(=C\c2cn(CCC)c3ccccc23)C(=O)NC1=S. The van der Waals surface area contributed by atoms with E-state index in [0.29, 0.717) is 0 Å². The summed E-state index contributed by atoms with van der Waals surface area (Å²) < 4.78 is 2.14. The van der Waals surface area contributed by atoms with Gasteiger partial charge in [0.15, 0.2) is 5.11 Å². The van der Waals surface area contributed by atoms with Gasteiger partial charge in [-0.25, -0.2) is 0 Å². The largest absolute Gasteiger partial charge is 0.347 e. The number of amides is 2. The highest BCUT2D eigenvalue weighted by molar-refractivity contribution is 7.80. The second-order valence-corrected chi connectivity index (χ2v) is 6.20. The van der Waals surface area contributed by atoms with E-state index in [0.717, 1.165) is 29.4 Å². The molecule has 0 bridgehead atoms. The standard InChI is InChI=1S/C19H19N3O2S/c1-3-9-21-12-13(14-7-5-6-8-16(14)21)11-15-17(23)20-19(25)22(10-4-2)18(15)24/h4-8,11-12H,2-3,9-10H2,1H3,(H,20,23,25)/b15-11-. The lowest BCUT2D eigenvalue weighted by Crippen LogP contribution is -2.53. The zero-order chi connectivity index (χ0) is 18.0. The summed E-state index contributed by atoms with van der Waals surface area (Å²) in [5.41, 5.74) is 2.00. The molecule has 0 spiro atoms. The van der Waals surface area contributed by atoms with E-state index in [4.69, 9.17) is 12.2 Å². The van der Waals surface area contributed by atoms with Crippen LogP contribution in [0.2, 0.25) is 0 Å². The number of carbonyl (C=O) groups excluding carboxylic acids is 2. The number of carbonyl (C=O) groups is 2. The van der Waals surface area contributed by atoms with Crippen molar-refractivity contribution in [1.29, 1.82) is 0 Å². The Morgan fingerprint density at radius 2 is 2.04 bits per heavy atom. The lowest BCUT2D eigenvalue weighted by atomic mass is 10.1. The van der Waals surface area contributed by atoms with Gasteiger partial charge in [0.05, 0.1) is 0 Å². The van der Waals surface area contributed by atoms with Crippen molar-refractivity contribution in [3.63, 3.8) is 0 Å². The van der Waals surface area contributed by atoms with Crippen molar-refractivity contribution in [1.82, 2.24) is 14.8 Å². The molecule has 5 nitrogen and oxygen atoms in total.